The number of hydrogen-bond donors (Lipinski definition) is 1. The third-order valence-electron chi connectivity index (χ3n) is 4.72. The summed E-state index contributed by atoms with van der Waals surface area (Å²) in [5.41, 5.74) is 0.596. The molecule has 1 aromatic carbocycles. The van der Waals surface area contributed by atoms with E-state index in [0.717, 1.165) is 15.4 Å². The molecule has 1 N–H and O–H groups in total. The van der Waals surface area contributed by atoms with E-state index < -0.39 is 11.0 Å². The lowest BCUT2D eigenvalue weighted by Gasteiger charge is -2.33. The Kier molecular flexibility index (Phi) is 6.12. The Morgan fingerprint density at radius 1 is 1.33 bits per heavy atom. The number of halogens is 1. The van der Waals surface area contributed by atoms with Gasteiger partial charge in [0, 0.05) is 27.4 Å². The van der Waals surface area contributed by atoms with Gasteiger partial charge in [-0.25, -0.2) is 4.98 Å². The quantitative estimate of drug-likeness (QED) is 0.618. The van der Waals surface area contributed by atoms with E-state index in [9.17, 15) is 9.59 Å². The van der Waals surface area contributed by atoms with Crippen molar-refractivity contribution in [1.82, 2.24) is 10.3 Å². The molecular formula is C23H27ClN2O3S. The van der Waals surface area contributed by atoms with Gasteiger partial charge in [-0.3, -0.25) is 9.59 Å². The van der Waals surface area contributed by atoms with Crippen LogP contribution < -0.4 is 5.32 Å². The molecule has 160 valence electrons. The predicted octanol–water partition coefficient (Wildman–Crippen LogP) is 5.62. The summed E-state index contributed by atoms with van der Waals surface area (Å²) in [5.74, 6) is -0.272. The van der Waals surface area contributed by atoms with Gasteiger partial charge in [0.2, 0.25) is 0 Å². The Morgan fingerprint density at radius 2 is 2.03 bits per heavy atom. The van der Waals surface area contributed by atoms with Crippen molar-refractivity contribution in [2.24, 2.45) is 5.41 Å². The number of esters is 1. The van der Waals surface area contributed by atoms with Gasteiger partial charge in [0.15, 0.2) is 0 Å². The van der Waals surface area contributed by atoms with Crippen molar-refractivity contribution in [3.8, 4) is 10.6 Å². The lowest BCUT2D eigenvalue weighted by molar-refractivity contribution is -0.149. The predicted molar refractivity (Wildman–Crippen MR) is 121 cm³/mol. The normalized spacial score (nSPS) is 16.4. The molecule has 0 aliphatic carbocycles. The number of aryl methyl sites for hydroxylation is 1. The minimum absolute atomic E-state index is 0.277. The second-order valence-corrected chi connectivity index (χ2v) is 10.6. The van der Waals surface area contributed by atoms with E-state index in [2.05, 4.69) is 5.32 Å². The Balaban J connectivity index is 2.15. The number of thiazole rings is 1. The van der Waals surface area contributed by atoms with Crippen molar-refractivity contribution in [3.63, 3.8) is 0 Å². The van der Waals surface area contributed by atoms with Gasteiger partial charge in [0.1, 0.15) is 16.3 Å². The molecule has 0 unspecified atom stereocenters. The average Bonchev–Trinajstić information content (AvgIpc) is 3.03. The smallest absolute Gasteiger partial charge is 0.316 e. The number of hydrogen-bond acceptors (Lipinski definition) is 5. The van der Waals surface area contributed by atoms with E-state index in [4.69, 9.17) is 21.3 Å². The minimum atomic E-state index is -0.683. The van der Waals surface area contributed by atoms with Crippen LogP contribution in [-0.2, 0) is 20.7 Å². The standard InChI is InChI=1S/C23H27ClN2O3S/c1-7-16-18(25-20(30-16)13-9-8-10-14(24)11-13)17-15(29-21(28)22(2,3)4)12-23(5,6)26-19(17)27/h8-11H,7,12H2,1-6H3,(H,26,27). The van der Waals surface area contributed by atoms with E-state index in [1.807, 2.05) is 45.0 Å². The molecule has 0 radical (unpaired) electrons. The summed E-state index contributed by atoms with van der Waals surface area (Å²) in [6, 6.07) is 7.47. The van der Waals surface area contributed by atoms with E-state index in [-0.39, 0.29) is 11.9 Å². The maximum Gasteiger partial charge on any atom is 0.316 e. The molecule has 30 heavy (non-hydrogen) atoms. The fraction of sp³-hybridized carbons (Fsp3) is 0.435. The van der Waals surface area contributed by atoms with Gasteiger partial charge >= 0.3 is 5.97 Å². The second kappa shape index (κ2) is 8.16. The Hall–Kier alpha value is -2.18. The molecule has 1 aliphatic rings. The zero-order valence-corrected chi connectivity index (χ0v) is 19.8. The Bertz CT molecular complexity index is 1030. The number of amides is 1. The van der Waals surface area contributed by atoms with Crippen LogP contribution in [0.4, 0.5) is 0 Å². The summed E-state index contributed by atoms with van der Waals surface area (Å²) < 4.78 is 5.79. The molecule has 2 heterocycles. The fourth-order valence-electron chi connectivity index (χ4n) is 3.15. The van der Waals surface area contributed by atoms with Crippen molar-refractivity contribution in [3.05, 3.63) is 45.6 Å². The van der Waals surface area contributed by atoms with E-state index in [1.54, 1.807) is 20.8 Å². The number of nitrogens with zero attached hydrogens (tertiary/aromatic N) is 1. The topological polar surface area (TPSA) is 68.3 Å². The fourth-order valence-corrected chi connectivity index (χ4v) is 4.35. The van der Waals surface area contributed by atoms with Crippen LogP contribution in [0.1, 0.15) is 58.5 Å². The van der Waals surface area contributed by atoms with E-state index in [0.29, 0.717) is 34.9 Å². The van der Waals surface area contributed by atoms with Crippen LogP contribution >= 0.6 is 22.9 Å². The summed E-state index contributed by atoms with van der Waals surface area (Å²) in [5, 5.41) is 4.41. The lowest BCUT2D eigenvalue weighted by atomic mass is 9.90. The van der Waals surface area contributed by atoms with Crippen LogP contribution in [0.5, 0.6) is 0 Å². The second-order valence-electron chi connectivity index (χ2n) is 9.11. The maximum absolute atomic E-state index is 13.1. The Labute approximate surface area is 186 Å². The highest BCUT2D eigenvalue weighted by Gasteiger charge is 2.38. The molecule has 1 amide bonds. The molecule has 0 fully saturated rings. The summed E-state index contributed by atoms with van der Waals surface area (Å²) in [7, 11) is 0. The molecule has 0 saturated heterocycles. The van der Waals surface area contributed by atoms with Gasteiger partial charge in [0.05, 0.1) is 11.1 Å². The number of carbonyl (C=O) groups excluding carboxylic acids is 2. The number of aromatic nitrogens is 1. The highest BCUT2D eigenvalue weighted by molar-refractivity contribution is 7.15. The van der Waals surface area contributed by atoms with Crippen molar-refractivity contribution >= 4 is 40.4 Å². The Morgan fingerprint density at radius 3 is 2.63 bits per heavy atom. The number of benzene rings is 1. The molecule has 0 spiro atoms. The number of carbonyl (C=O) groups is 2. The first-order valence-electron chi connectivity index (χ1n) is 9.95. The van der Waals surface area contributed by atoms with Crippen molar-refractivity contribution in [1.29, 1.82) is 0 Å². The van der Waals surface area contributed by atoms with Crippen LogP contribution in [0.25, 0.3) is 16.1 Å². The van der Waals surface area contributed by atoms with Crippen LogP contribution in [0, 0.1) is 5.41 Å². The van der Waals surface area contributed by atoms with Crippen LogP contribution in [0.15, 0.2) is 30.0 Å². The SMILES string of the molecule is CCc1sc(-c2cccc(Cl)c2)nc1C1=C(OC(=O)C(C)(C)C)CC(C)(C)NC1=O. The zero-order valence-electron chi connectivity index (χ0n) is 18.2. The molecular weight excluding hydrogens is 420 g/mol. The van der Waals surface area contributed by atoms with Gasteiger partial charge in [-0.05, 0) is 53.2 Å². The third kappa shape index (κ3) is 4.76. The molecule has 0 atom stereocenters. The first-order chi connectivity index (χ1) is 13.9. The first kappa shape index (κ1) is 22.5. The van der Waals surface area contributed by atoms with Gasteiger partial charge in [-0.15, -0.1) is 11.3 Å². The number of rotatable bonds is 4. The van der Waals surface area contributed by atoms with Crippen molar-refractivity contribution in [2.45, 2.75) is 59.9 Å². The van der Waals surface area contributed by atoms with Crippen LogP contribution in [0.2, 0.25) is 5.02 Å². The van der Waals surface area contributed by atoms with Gasteiger partial charge in [-0.1, -0.05) is 30.7 Å². The third-order valence-corrected chi connectivity index (χ3v) is 6.20. The maximum atomic E-state index is 13.1. The number of ether oxygens (including phenoxy) is 1. The molecule has 2 aromatic rings. The zero-order chi connectivity index (χ0) is 22.3. The summed E-state index contributed by atoms with van der Waals surface area (Å²) in [6.45, 7) is 11.2. The minimum Gasteiger partial charge on any atom is -0.430 e. The van der Waals surface area contributed by atoms with E-state index in [1.165, 1.54) is 11.3 Å². The highest BCUT2D eigenvalue weighted by Crippen LogP contribution is 2.38. The summed E-state index contributed by atoms with van der Waals surface area (Å²) in [6.07, 6.45) is 1.11. The van der Waals surface area contributed by atoms with Crippen LogP contribution in [-0.4, -0.2) is 22.4 Å². The molecule has 0 saturated carbocycles. The summed E-state index contributed by atoms with van der Waals surface area (Å²) in [4.78, 5) is 31.5. The lowest BCUT2D eigenvalue weighted by Crippen LogP contribution is -2.48. The average molecular weight is 447 g/mol. The summed E-state index contributed by atoms with van der Waals surface area (Å²) >= 11 is 7.67. The van der Waals surface area contributed by atoms with Crippen molar-refractivity contribution in [2.75, 3.05) is 0 Å². The molecule has 0 bridgehead atoms. The molecule has 1 aliphatic heterocycles. The molecule has 3 rings (SSSR count). The van der Waals surface area contributed by atoms with Gasteiger partial charge in [0.25, 0.3) is 5.91 Å². The van der Waals surface area contributed by atoms with Crippen molar-refractivity contribution < 1.29 is 14.3 Å². The van der Waals surface area contributed by atoms with E-state index >= 15 is 0 Å². The molecule has 1 aromatic heterocycles. The molecule has 7 heteroatoms. The highest BCUT2D eigenvalue weighted by atomic mass is 35.5. The van der Waals surface area contributed by atoms with Gasteiger partial charge in [-0.2, -0.15) is 0 Å². The van der Waals surface area contributed by atoms with Crippen LogP contribution in [0.3, 0.4) is 0 Å². The first-order valence-corrected chi connectivity index (χ1v) is 11.1. The van der Waals surface area contributed by atoms with Gasteiger partial charge < -0.3 is 10.1 Å². The monoisotopic (exact) mass is 446 g/mol. The molecule has 5 nitrogen and oxygen atoms in total. The number of nitrogens with one attached hydrogen (secondary N) is 1. The largest absolute Gasteiger partial charge is 0.430 e.